The molecular formula is C26H33ClN4O4. The topological polar surface area (TPSA) is 91.0 Å². The molecule has 0 aromatic heterocycles. The van der Waals surface area contributed by atoms with Gasteiger partial charge in [0.05, 0.1) is 19.1 Å². The number of carbonyl (C=O) groups excluding carboxylic acids is 3. The molecule has 0 bridgehead atoms. The Balaban J connectivity index is 1.56. The van der Waals surface area contributed by atoms with E-state index < -0.39 is 11.7 Å². The van der Waals surface area contributed by atoms with Crippen LogP contribution in [-0.4, -0.2) is 60.6 Å². The maximum absolute atomic E-state index is 13.1. The van der Waals surface area contributed by atoms with Gasteiger partial charge in [-0.1, -0.05) is 41.9 Å². The minimum Gasteiger partial charge on any atom is -0.444 e. The van der Waals surface area contributed by atoms with Gasteiger partial charge in [0.2, 0.25) is 11.8 Å². The van der Waals surface area contributed by atoms with Crippen molar-refractivity contribution in [2.45, 2.75) is 45.4 Å². The first kappa shape index (κ1) is 26.3. The van der Waals surface area contributed by atoms with Gasteiger partial charge in [0.1, 0.15) is 5.60 Å². The minimum absolute atomic E-state index is 0.0315. The fourth-order valence-corrected chi connectivity index (χ4v) is 4.01. The molecule has 0 spiro atoms. The number of hydrogen-bond acceptors (Lipinski definition) is 5. The maximum Gasteiger partial charge on any atom is 0.407 e. The van der Waals surface area contributed by atoms with Crippen molar-refractivity contribution in [2.75, 3.05) is 31.1 Å². The predicted molar refractivity (Wildman–Crippen MR) is 136 cm³/mol. The molecule has 3 rings (SSSR count). The molecular weight excluding hydrogens is 468 g/mol. The number of likely N-dealkylation sites (tertiary alicyclic amines) is 1. The summed E-state index contributed by atoms with van der Waals surface area (Å²) in [4.78, 5) is 41.3. The molecule has 1 unspecified atom stereocenters. The summed E-state index contributed by atoms with van der Waals surface area (Å²) in [5.41, 5.74) is 1.09. The molecule has 1 heterocycles. The van der Waals surface area contributed by atoms with E-state index in [9.17, 15) is 14.4 Å². The lowest BCUT2D eigenvalue weighted by molar-refractivity contribution is -0.128. The molecule has 0 radical (unpaired) electrons. The summed E-state index contributed by atoms with van der Waals surface area (Å²) in [6.45, 7) is 6.78. The highest BCUT2D eigenvalue weighted by molar-refractivity contribution is 6.30. The lowest BCUT2D eigenvalue weighted by Gasteiger charge is -2.26. The van der Waals surface area contributed by atoms with Crippen LogP contribution in [0.3, 0.4) is 0 Å². The monoisotopic (exact) mass is 500 g/mol. The molecule has 188 valence electrons. The average Bonchev–Trinajstić information content (AvgIpc) is 3.25. The van der Waals surface area contributed by atoms with E-state index in [1.807, 2.05) is 42.5 Å². The third kappa shape index (κ3) is 8.79. The summed E-state index contributed by atoms with van der Waals surface area (Å²) in [6.07, 6.45) is 0.162. The largest absolute Gasteiger partial charge is 0.444 e. The van der Waals surface area contributed by atoms with Crippen molar-refractivity contribution in [3.8, 4) is 0 Å². The fraction of sp³-hybridized carbons (Fsp3) is 0.423. The number of nitrogens with zero attached hydrogens (tertiary/aromatic N) is 2. The van der Waals surface area contributed by atoms with E-state index in [0.29, 0.717) is 31.1 Å². The Labute approximate surface area is 211 Å². The van der Waals surface area contributed by atoms with Crippen molar-refractivity contribution in [2.24, 2.45) is 0 Å². The van der Waals surface area contributed by atoms with Crippen LogP contribution < -0.4 is 15.5 Å². The van der Waals surface area contributed by atoms with Gasteiger partial charge in [-0.2, -0.15) is 0 Å². The van der Waals surface area contributed by atoms with E-state index in [0.717, 1.165) is 11.3 Å². The van der Waals surface area contributed by atoms with Crippen molar-refractivity contribution >= 4 is 35.2 Å². The van der Waals surface area contributed by atoms with Crippen molar-refractivity contribution in [3.63, 3.8) is 0 Å². The molecule has 0 aliphatic carbocycles. The molecule has 8 nitrogen and oxygen atoms in total. The third-order valence-electron chi connectivity index (χ3n) is 5.42. The first-order valence-electron chi connectivity index (χ1n) is 11.7. The van der Waals surface area contributed by atoms with Crippen LogP contribution >= 0.6 is 11.6 Å². The summed E-state index contributed by atoms with van der Waals surface area (Å²) in [6, 6.07) is 16.5. The predicted octanol–water partition coefficient (Wildman–Crippen LogP) is 3.59. The summed E-state index contributed by atoms with van der Waals surface area (Å²) in [5, 5.41) is 6.33. The summed E-state index contributed by atoms with van der Waals surface area (Å²) in [7, 11) is 0. The number of nitrogens with one attached hydrogen (secondary N) is 2. The van der Waals surface area contributed by atoms with Crippen molar-refractivity contribution in [3.05, 3.63) is 65.2 Å². The molecule has 1 fully saturated rings. The number of halogens is 1. The Morgan fingerprint density at radius 3 is 2.51 bits per heavy atom. The summed E-state index contributed by atoms with van der Waals surface area (Å²) < 4.78 is 5.31. The zero-order valence-electron chi connectivity index (χ0n) is 20.4. The molecule has 1 aliphatic heterocycles. The number of para-hydroxylation sites is 1. The molecule has 1 aliphatic rings. The van der Waals surface area contributed by atoms with E-state index in [4.69, 9.17) is 16.3 Å². The van der Waals surface area contributed by atoms with Gasteiger partial charge in [-0.15, -0.1) is 0 Å². The van der Waals surface area contributed by atoms with Crippen LogP contribution in [0.2, 0.25) is 5.02 Å². The number of anilines is 1. The smallest absolute Gasteiger partial charge is 0.407 e. The van der Waals surface area contributed by atoms with E-state index in [1.165, 1.54) is 0 Å². The quantitative estimate of drug-likeness (QED) is 0.578. The highest BCUT2D eigenvalue weighted by Crippen LogP contribution is 2.16. The van der Waals surface area contributed by atoms with Gasteiger partial charge in [-0.25, -0.2) is 4.79 Å². The van der Waals surface area contributed by atoms with Gasteiger partial charge in [0.15, 0.2) is 0 Å². The van der Waals surface area contributed by atoms with Gasteiger partial charge in [-0.05, 0) is 57.0 Å². The average molecular weight is 501 g/mol. The van der Waals surface area contributed by atoms with E-state index >= 15 is 0 Å². The standard InChI is InChI=1S/C26H33ClN4O4/c1-26(2,3)35-25(34)29-21-12-13-30(16-21)24(33)18-31(22-10-5-4-6-11-22)17-23(32)28-15-19-8-7-9-20(27)14-19/h4-11,14,21H,12-13,15-18H2,1-3H3,(H,28,32)(H,29,34). The van der Waals surface area contributed by atoms with E-state index in [-0.39, 0.29) is 30.9 Å². The summed E-state index contributed by atoms with van der Waals surface area (Å²) in [5.74, 6) is -0.308. The van der Waals surface area contributed by atoms with Crippen LogP contribution in [0.1, 0.15) is 32.8 Å². The maximum atomic E-state index is 13.1. The SMILES string of the molecule is CC(C)(C)OC(=O)NC1CCN(C(=O)CN(CC(=O)NCc2cccc(Cl)c2)c2ccccc2)C1. The number of hydrogen-bond donors (Lipinski definition) is 2. The Morgan fingerprint density at radius 2 is 1.83 bits per heavy atom. The second kappa shape index (κ2) is 11.9. The second-order valence-corrected chi connectivity index (χ2v) is 10.0. The lowest BCUT2D eigenvalue weighted by Crippen LogP contribution is -2.45. The molecule has 3 amide bonds. The van der Waals surface area contributed by atoms with Gasteiger partial charge in [0.25, 0.3) is 0 Å². The zero-order valence-corrected chi connectivity index (χ0v) is 21.2. The van der Waals surface area contributed by atoms with Crippen LogP contribution in [0.15, 0.2) is 54.6 Å². The minimum atomic E-state index is -0.582. The number of rotatable bonds is 8. The van der Waals surface area contributed by atoms with Gasteiger partial charge >= 0.3 is 6.09 Å². The number of carbonyl (C=O) groups is 3. The van der Waals surface area contributed by atoms with Crippen molar-refractivity contribution < 1.29 is 19.1 Å². The molecule has 1 atom stereocenters. The Kier molecular flexibility index (Phi) is 8.98. The molecule has 35 heavy (non-hydrogen) atoms. The third-order valence-corrected chi connectivity index (χ3v) is 5.66. The molecule has 9 heteroatoms. The number of benzene rings is 2. The fourth-order valence-electron chi connectivity index (χ4n) is 3.80. The van der Waals surface area contributed by atoms with Crippen LogP contribution in [0, 0.1) is 0 Å². The van der Waals surface area contributed by atoms with E-state index in [1.54, 1.807) is 42.7 Å². The Hall–Kier alpha value is -3.26. The first-order chi connectivity index (χ1) is 16.6. The van der Waals surface area contributed by atoms with Crippen LogP contribution in [0.25, 0.3) is 0 Å². The Bertz CT molecular complexity index is 1030. The Morgan fingerprint density at radius 1 is 1.09 bits per heavy atom. The van der Waals surface area contributed by atoms with Gasteiger partial charge in [-0.3, -0.25) is 9.59 Å². The first-order valence-corrected chi connectivity index (χ1v) is 12.1. The van der Waals surface area contributed by atoms with Gasteiger partial charge in [0, 0.05) is 30.3 Å². The molecule has 2 aromatic rings. The van der Waals surface area contributed by atoms with Crippen LogP contribution in [0.4, 0.5) is 10.5 Å². The second-order valence-electron chi connectivity index (χ2n) is 9.57. The number of ether oxygens (including phenoxy) is 1. The van der Waals surface area contributed by atoms with Crippen LogP contribution in [-0.2, 0) is 20.9 Å². The molecule has 1 saturated heterocycles. The van der Waals surface area contributed by atoms with E-state index in [2.05, 4.69) is 10.6 Å². The summed E-state index contributed by atoms with van der Waals surface area (Å²) >= 11 is 6.02. The van der Waals surface area contributed by atoms with Crippen LogP contribution in [0.5, 0.6) is 0 Å². The lowest BCUT2D eigenvalue weighted by atomic mass is 10.2. The molecule has 2 N–H and O–H groups in total. The highest BCUT2D eigenvalue weighted by Gasteiger charge is 2.30. The highest BCUT2D eigenvalue weighted by atomic mass is 35.5. The molecule has 0 saturated carbocycles. The zero-order chi connectivity index (χ0) is 25.4. The number of amides is 3. The van der Waals surface area contributed by atoms with Crippen molar-refractivity contribution in [1.82, 2.24) is 15.5 Å². The van der Waals surface area contributed by atoms with Gasteiger partial charge < -0.3 is 25.2 Å². The normalized spacial score (nSPS) is 15.4. The number of alkyl carbamates (subject to hydrolysis) is 1. The van der Waals surface area contributed by atoms with Crippen molar-refractivity contribution in [1.29, 1.82) is 0 Å². The molecule has 2 aromatic carbocycles.